The van der Waals surface area contributed by atoms with Crippen LogP contribution in [0, 0.1) is 11.3 Å². The number of thiazole rings is 1. The molecule has 29 heavy (non-hydrogen) atoms. The minimum Gasteiger partial charge on any atom is -0.382 e. The first kappa shape index (κ1) is 21.1. The number of aromatic nitrogens is 3. The standard InChI is InChI=1S/C19H25N7O2S/c1-2-28-12-4-8-21-17(27)15-13-29-19(24-15)25-18-22-9-6-14(23-18)16-5-3-10-26(16)11-7-20/h6,9,13,16H,2-5,8,10-12H2,1H3,(H,21,27)(H,22,23,24,25). The highest BCUT2D eigenvalue weighted by Crippen LogP contribution is 2.30. The summed E-state index contributed by atoms with van der Waals surface area (Å²) in [6.45, 7) is 5.09. The Balaban J connectivity index is 1.57. The van der Waals surface area contributed by atoms with Gasteiger partial charge in [0.15, 0.2) is 5.13 Å². The Morgan fingerprint density at radius 1 is 1.48 bits per heavy atom. The summed E-state index contributed by atoms with van der Waals surface area (Å²) in [5.41, 5.74) is 1.25. The van der Waals surface area contributed by atoms with Crippen LogP contribution >= 0.6 is 11.3 Å². The summed E-state index contributed by atoms with van der Waals surface area (Å²) in [5, 5.41) is 17.2. The third-order valence-electron chi connectivity index (χ3n) is 4.57. The third-order valence-corrected chi connectivity index (χ3v) is 5.32. The number of nitrogens with one attached hydrogen (secondary N) is 2. The number of nitriles is 1. The van der Waals surface area contributed by atoms with Crippen molar-refractivity contribution in [3.8, 4) is 6.07 Å². The van der Waals surface area contributed by atoms with E-state index < -0.39 is 0 Å². The SMILES string of the molecule is CCOCCCNC(=O)c1csc(Nc2nccc(C3CCCN3CC#N)n2)n1. The van der Waals surface area contributed by atoms with Gasteiger partial charge >= 0.3 is 0 Å². The highest BCUT2D eigenvalue weighted by molar-refractivity contribution is 7.14. The first-order chi connectivity index (χ1) is 14.2. The van der Waals surface area contributed by atoms with Gasteiger partial charge in [0, 0.05) is 31.3 Å². The topological polar surface area (TPSA) is 116 Å². The van der Waals surface area contributed by atoms with E-state index in [0.29, 0.717) is 43.1 Å². The number of likely N-dealkylation sites (tertiary alicyclic amines) is 1. The van der Waals surface area contributed by atoms with Crippen LogP contribution in [-0.2, 0) is 4.74 Å². The first-order valence-corrected chi connectivity index (χ1v) is 10.6. The lowest BCUT2D eigenvalue weighted by Crippen LogP contribution is -2.25. The normalized spacial score (nSPS) is 16.5. The van der Waals surface area contributed by atoms with E-state index in [0.717, 1.165) is 31.5 Å². The van der Waals surface area contributed by atoms with E-state index in [9.17, 15) is 4.79 Å². The van der Waals surface area contributed by atoms with Crippen LogP contribution in [0.4, 0.5) is 11.1 Å². The molecule has 9 nitrogen and oxygen atoms in total. The smallest absolute Gasteiger partial charge is 0.270 e. The van der Waals surface area contributed by atoms with Crippen molar-refractivity contribution in [2.75, 3.05) is 38.2 Å². The maximum absolute atomic E-state index is 12.2. The number of amides is 1. The van der Waals surface area contributed by atoms with Gasteiger partial charge in [-0.3, -0.25) is 9.69 Å². The number of ether oxygens (including phenoxy) is 1. The Bertz CT molecular complexity index is 851. The highest BCUT2D eigenvalue weighted by Gasteiger charge is 2.27. The Kier molecular flexibility index (Phi) is 7.86. The van der Waals surface area contributed by atoms with Crippen molar-refractivity contribution in [3.05, 3.63) is 29.0 Å². The van der Waals surface area contributed by atoms with Gasteiger partial charge in [0.05, 0.1) is 24.3 Å². The predicted molar refractivity (Wildman–Crippen MR) is 110 cm³/mol. The molecule has 0 radical (unpaired) electrons. The molecule has 2 aromatic heterocycles. The van der Waals surface area contributed by atoms with E-state index >= 15 is 0 Å². The Labute approximate surface area is 174 Å². The van der Waals surface area contributed by atoms with Gasteiger partial charge in [-0.15, -0.1) is 11.3 Å². The molecule has 1 atom stereocenters. The molecule has 1 aliphatic heterocycles. The maximum atomic E-state index is 12.2. The van der Waals surface area contributed by atoms with E-state index in [1.54, 1.807) is 11.6 Å². The van der Waals surface area contributed by atoms with Crippen molar-refractivity contribution in [1.82, 2.24) is 25.2 Å². The highest BCUT2D eigenvalue weighted by atomic mass is 32.1. The number of carbonyl (C=O) groups excluding carboxylic acids is 1. The molecule has 1 unspecified atom stereocenters. The lowest BCUT2D eigenvalue weighted by molar-refractivity contribution is 0.0940. The molecule has 0 bridgehead atoms. The molecule has 1 fully saturated rings. The van der Waals surface area contributed by atoms with E-state index in [4.69, 9.17) is 10.00 Å². The summed E-state index contributed by atoms with van der Waals surface area (Å²) in [4.78, 5) is 27.5. The van der Waals surface area contributed by atoms with Gasteiger partial charge in [0.1, 0.15) is 5.69 Å². The van der Waals surface area contributed by atoms with Crippen LogP contribution in [0.25, 0.3) is 0 Å². The monoisotopic (exact) mass is 415 g/mol. The number of hydrogen-bond acceptors (Lipinski definition) is 9. The quantitative estimate of drug-likeness (QED) is 0.449. The average molecular weight is 416 g/mol. The number of nitrogens with zero attached hydrogens (tertiary/aromatic N) is 5. The van der Waals surface area contributed by atoms with Crippen LogP contribution in [0.2, 0.25) is 0 Å². The van der Waals surface area contributed by atoms with Gasteiger partial charge in [0.25, 0.3) is 5.91 Å². The molecule has 10 heteroatoms. The van der Waals surface area contributed by atoms with Crippen LogP contribution < -0.4 is 10.6 Å². The van der Waals surface area contributed by atoms with Gasteiger partial charge < -0.3 is 15.4 Å². The fourth-order valence-corrected chi connectivity index (χ4v) is 3.89. The number of rotatable bonds is 10. The molecule has 0 aliphatic carbocycles. The molecular weight excluding hydrogens is 390 g/mol. The molecule has 0 saturated carbocycles. The maximum Gasteiger partial charge on any atom is 0.270 e. The second-order valence-corrected chi connectivity index (χ2v) is 7.42. The van der Waals surface area contributed by atoms with Crippen molar-refractivity contribution in [2.24, 2.45) is 0 Å². The van der Waals surface area contributed by atoms with E-state index in [2.05, 4.69) is 36.6 Å². The fraction of sp³-hybridized carbons (Fsp3) is 0.526. The molecule has 2 N–H and O–H groups in total. The minimum absolute atomic E-state index is 0.132. The van der Waals surface area contributed by atoms with Gasteiger partial charge in [-0.25, -0.2) is 15.0 Å². The minimum atomic E-state index is -0.210. The summed E-state index contributed by atoms with van der Waals surface area (Å²) < 4.78 is 5.25. The second-order valence-electron chi connectivity index (χ2n) is 6.56. The average Bonchev–Trinajstić information content (AvgIpc) is 3.38. The van der Waals surface area contributed by atoms with Gasteiger partial charge in [-0.1, -0.05) is 0 Å². The van der Waals surface area contributed by atoms with E-state index in [-0.39, 0.29) is 11.9 Å². The second kappa shape index (κ2) is 10.8. The van der Waals surface area contributed by atoms with Crippen molar-refractivity contribution < 1.29 is 9.53 Å². The summed E-state index contributed by atoms with van der Waals surface area (Å²) in [7, 11) is 0. The molecule has 3 rings (SSSR count). The predicted octanol–water partition coefficient (Wildman–Crippen LogP) is 2.49. The molecule has 154 valence electrons. The fourth-order valence-electron chi connectivity index (χ4n) is 3.20. The molecular formula is C19H25N7O2S. The molecule has 3 heterocycles. The Morgan fingerprint density at radius 3 is 3.21 bits per heavy atom. The molecule has 1 aliphatic rings. The lowest BCUT2D eigenvalue weighted by Gasteiger charge is -2.21. The van der Waals surface area contributed by atoms with Gasteiger partial charge in [-0.2, -0.15) is 5.26 Å². The molecule has 2 aromatic rings. The zero-order chi connectivity index (χ0) is 20.5. The molecule has 1 amide bonds. The first-order valence-electron chi connectivity index (χ1n) is 9.73. The summed E-state index contributed by atoms with van der Waals surface area (Å²) >= 11 is 1.33. The van der Waals surface area contributed by atoms with Crippen molar-refractivity contribution in [1.29, 1.82) is 5.26 Å². The lowest BCUT2D eigenvalue weighted by atomic mass is 10.1. The van der Waals surface area contributed by atoms with Crippen molar-refractivity contribution >= 4 is 28.3 Å². The largest absolute Gasteiger partial charge is 0.382 e. The summed E-state index contributed by atoms with van der Waals surface area (Å²) in [6, 6.07) is 4.23. The summed E-state index contributed by atoms with van der Waals surface area (Å²) in [6.07, 6.45) is 4.49. The Hall–Kier alpha value is -2.61. The van der Waals surface area contributed by atoms with Crippen LogP contribution in [0.3, 0.4) is 0 Å². The third kappa shape index (κ3) is 5.93. The van der Waals surface area contributed by atoms with Crippen LogP contribution in [0.1, 0.15) is 48.4 Å². The van der Waals surface area contributed by atoms with Crippen LogP contribution in [0.15, 0.2) is 17.6 Å². The molecule has 0 aromatic carbocycles. The summed E-state index contributed by atoms with van der Waals surface area (Å²) in [5.74, 6) is 0.225. The van der Waals surface area contributed by atoms with Crippen molar-refractivity contribution in [2.45, 2.75) is 32.2 Å². The molecule has 0 spiro atoms. The zero-order valence-electron chi connectivity index (χ0n) is 16.4. The van der Waals surface area contributed by atoms with Crippen LogP contribution in [0.5, 0.6) is 0 Å². The van der Waals surface area contributed by atoms with Crippen LogP contribution in [-0.4, -0.2) is 58.6 Å². The number of carbonyl (C=O) groups is 1. The van der Waals surface area contributed by atoms with E-state index in [1.807, 2.05) is 13.0 Å². The Morgan fingerprint density at radius 2 is 2.38 bits per heavy atom. The van der Waals surface area contributed by atoms with Gasteiger partial charge in [0.2, 0.25) is 5.95 Å². The zero-order valence-corrected chi connectivity index (χ0v) is 17.2. The number of anilines is 2. The molecule has 1 saturated heterocycles. The van der Waals surface area contributed by atoms with E-state index in [1.165, 1.54) is 11.3 Å². The van der Waals surface area contributed by atoms with Crippen molar-refractivity contribution in [3.63, 3.8) is 0 Å². The number of hydrogen-bond donors (Lipinski definition) is 2. The van der Waals surface area contributed by atoms with Gasteiger partial charge in [-0.05, 0) is 38.8 Å².